The molecule has 0 aliphatic heterocycles. The molecule has 0 aliphatic rings. The summed E-state index contributed by atoms with van der Waals surface area (Å²) >= 11 is 6.02. The molecule has 0 spiro atoms. The second kappa shape index (κ2) is 9.05. The first kappa shape index (κ1) is 20.3. The van der Waals surface area contributed by atoms with Crippen LogP contribution in [0.4, 0.5) is 5.69 Å². The zero-order valence-electron chi connectivity index (χ0n) is 14.8. The van der Waals surface area contributed by atoms with E-state index < -0.39 is 23.9 Å². The van der Waals surface area contributed by atoms with Crippen LogP contribution in [-0.2, 0) is 14.3 Å². The number of halogens is 1. The number of carbonyl (C=O) groups excluding carboxylic acids is 3. The summed E-state index contributed by atoms with van der Waals surface area (Å²) in [4.78, 5) is 35.1. The fourth-order valence-corrected chi connectivity index (χ4v) is 2.28. The molecule has 2 rings (SSSR count). The van der Waals surface area contributed by atoms with Gasteiger partial charge in [0.1, 0.15) is 5.75 Å². The molecule has 1 atom stereocenters. The number of carbonyl (C=O) groups is 3. The van der Waals surface area contributed by atoms with Gasteiger partial charge in [-0.1, -0.05) is 17.7 Å². The van der Waals surface area contributed by atoms with E-state index >= 15 is 0 Å². The Morgan fingerprint density at radius 1 is 1.15 bits per heavy atom. The summed E-state index contributed by atoms with van der Waals surface area (Å²) in [7, 11) is 0. The van der Waals surface area contributed by atoms with Crippen LogP contribution in [0.5, 0.6) is 5.75 Å². The molecular weight excluding hydrogens is 372 g/mol. The molecule has 0 heterocycles. The first-order chi connectivity index (χ1) is 12.8. The molecule has 2 aromatic carbocycles. The summed E-state index contributed by atoms with van der Waals surface area (Å²) in [6, 6.07) is 11.1. The number of primary amides is 1. The van der Waals surface area contributed by atoms with Gasteiger partial charge in [-0.05, 0) is 55.8 Å². The second-order valence-corrected chi connectivity index (χ2v) is 6.14. The van der Waals surface area contributed by atoms with Crippen LogP contribution in [-0.4, -0.2) is 30.5 Å². The van der Waals surface area contributed by atoms with Crippen molar-refractivity contribution in [3.05, 3.63) is 58.6 Å². The predicted octanol–water partition coefficient (Wildman–Crippen LogP) is 2.70. The Kier molecular flexibility index (Phi) is 6.79. The van der Waals surface area contributed by atoms with Gasteiger partial charge < -0.3 is 20.5 Å². The van der Waals surface area contributed by atoms with E-state index in [4.69, 9.17) is 26.8 Å². The predicted molar refractivity (Wildman–Crippen MR) is 101 cm³/mol. The molecule has 0 unspecified atom stereocenters. The number of anilines is 1. The topological polar surface area (TPSA) is 108 Å². The lowest BCUT2D eigenvalue weighted by molar-refractivity contribution is -0.123. The fraction of sp³-hybridized carbons (Fsp3) is 0.211. The van der Waals surface area contributed by atoms with Gasteiger partial charge in [-0.15, -0.1) is 0 Å². The van der Waals surface area contributed by atoms with E-state index in [1.165, 1.54) is 31.2 Å². The fourth-order valence-electron chi connectivity index (χ4n) is 2.10. The summed E-state index contributed by atoms with van der Waals surface area (Å²) in [6.07, 6.45) is -1.01. The molecule has 8 heteroatoms. The molecule has 0 saturated heterocycles. The van der Waals surface area contributed by atoms with Gasteiger partial charge in [0.2, 0.25) is 0 Å². The maximum atomic E-state index is 12.3. The van der Waals surface area contributed by atoms with Crippen molar-refractivity contribution in [3.63, 3.8) is 0 Å². The number of hydrogen-bond acceptors (Lipinski definition) is 5. The Bertz CT molecular complexity index is 852. The Balaban J connectivity index is 1.95. The average molecular weight is 391 g/mol. The average Bonchev–Trinajstić information content (AvgIpc) is 2.64. The molecule has 0 aromatic heterocycles. The van der Waals surface area contributed by atoms with Gasteiger partial charge in [-0.2, -0.15) is 0 Å². The highest BCUT2D eigenvalue weighted by molar-refractivity contribution is 6.31. The molecule has 2 aromatic rings. The maximum Gasteiger partial charge on any atom is 0.338 e. The van der Waals surface area contributed by atoms with E-state index in [0.29, 0.717) is 16.5 Å². The monoisotopic (exact) mass is 390 g/mol. The highest BCUT2D eigenvalue weighted by atomic mass is 35.5. The van der Waals surface area contributed by atoms with Crippen LogP contribution in [0.25, 0.3) is 0 Å². The van der Waals surface area contributed by atoms with Crippen molar-refractivity contribution in [2.24, 2.45) is 5.73 Å². The smallest absolute Gasteiger partial charge is 0.338 e. The Labute approximate surface area is 161 Å². The highest BCUT2D eigenvalue weighted by Gasteiger charge is 2.20. The molecule has 0 saturated carbocycles. The van der Waals surface area contributed by atoms with Gasteiger partial charge in [0, 0.05) is 10.7 Å². The van der Waals surface area contributed by atoms with E-state index in [0.717, 1.165) is 5.56 Å². The molecular formula is C19H19ClN2O5. The van der Waals surface area contributed by atoms with Crippen molar-refractivity contribution in [2.75, 3.05) is 11.9 Å². The van der Waals surface area contributed by atoms with Crippen LogP contribution in [0, 0.1) is 6.92 Å². The SMILES string of the molecule is Cc1c(Cl)cccc1NC(=O)[C@@H](C)OC(=O)c1ccc(OCC(N)=O)cc1. The standard InChI is InChI=1S/C19H19ClN2O5/c1-11-15(20)4-3-5-16(11)22-18(24)12(2)27-19(25)13-6-8-14(9-7-13)26-10-17(21)23/h3-9,12H,10H2,1-2H3,(H2,21,23)(H,22,24)/t12-/m1/s1. The third kappa shape index (κ3) is 5.72. The Morgan fingerprint density at radius 3 is 2.44 bits per heavy atom. The number of hydrogen-bond donors (Lipinski definition) is 2. The number of benzene rings is 2. The van der Waals surface area contributed by atoms with Gasteiger partial charge in [0.25, 0.3) is 11.8 Å². The van der Waals surface area contributed by atoms with E-state index in [9.17, 15) is 14.4 Å². The quantitative estimate of drug-likeness (QED) is 0.706. The second-order valence-electron chi connectivity index (χ2n) is 5.73. The van der Waals surface area contributed by atoms with Gasteiger partial charge in [0.05, 0.1) is 5.56 Å². The van der Waals surface area contributed by atoms with Crippen molar-refractivity contribution in [1.29, 1.82) is 0 Å². The highest BCUT2D eigenvalue weighted by Crippen LogP contribution is 2.23. The third-order valence-corrected chi connectivity index (χ3v) is 4.06. The van der Waals surface area contributed by atoms with E-state index in [1.54, 1.807) is 25.1 Å². The molecule has 2 amide bonds. The van der Waals surface area contributed by atoms with Gasteiger partial charge in [-0.3, -0.25) is 9.59 Å². The molecule has 3 N–H and O–H groups in total. The Hall–Kier alpha value is -3.06. The summed E-state index contributed by atoms with van der Waals surface area (Å²) < 4.78 is 10.3. The van der Waals surface area contributed by atoms with Gasteiger partial charge >= 0.3 is 5.97 Å². The van der Waals surface area contributed by atoms with Crippen molar-refractivity contribution < 1.29 is 23.9 Å². The van der Waals surface area contributed by atoms with Crippen molar-refractivity contribution in [3.8, 4) is 5.75 Å². The summed E-state index contributed by atoms with van der Waals surface area (Å²) in [6.45, 7) is 2.98. The van der Waals surface area contributed by atoms with Gasteiger partial charge in [0.15, 0.2) is 12.7 Å². The van der Waals surface area contributed by atoms with Crippen LogP contribution >= 0.6 is 11.6 Å². The van der Waals surface area contributed by atoms with Crippen molar-refractivity contribution in [1.82, 2.24) is 0 Å². The molecule has 0 aliphatic carbocycles. The lowest BCUT2D eigenvalue weighted by Gasteiger charge is -2.15. The van der Waals surface area contributed by atoms with Crippen molar-refractivity contribution in [2.45, 2.75) is 20.0 Å². The molecule has 7 nitrogen and oxygen atoms in total. The van der Waals surface area contributed by atoms with Crippen LogP contribution < -0.4 is 15.8 Å². The van der Waals surface area contributed by atoms with Gasteiger partial charge in [-0.25, -0.2) is 4.79 Å². The number of rotatable bonds is 7. The van der Waals surface area contributed by atoms with Crippen LogP contribution in [0.3, 0.4) is 0 Å². The van der Waals surface area contributed by atoms with E-state index in [1.807, 2.05) is 0 Å². The molecule has 27 heavy (non-hydrogen) atoms. The summed E-state index contributed by atoms with van der Waals surface area (Å²) in [5, 5.41) is 3.20. The number of esters is 1. The van der Waals surface area contributed by atoms with Crippen LogP contribution in [0.2, 0.25) is 5.02 Å². The lowest BCUT2D eigenvalue weighted by atomic mass is 10.2. The first-order valence-electron chi connectivity index (χ1n) is 8.06. The number of amides is 2. The summed E-state index contributed by atoms with van der Waals surface area (Å²) in [5.74, 6) is -1.36. The van der Waals surface area contributed by atoms with Crippen LogP contribution in [0.1, 0.15) is 22.8 Å². The third-order valence-electron chi connectivity index (χ3n) is 3.65. The summed E-state index contributed by atoms with van der Waals surface area (Å²) in [5.41, 5.74) is 6.49. The number of nitrogens with two attached hydrogens (primary N) is 1. The number of ether oxygens (including phenoxy) is 2. The molecule has 0 bridgehead atoms. The molecule has 0 radical (unpaired) electrons. The minimum Gasteiger partial charge on any atom is -0.484 e. The maximum absolute atomic E-state index is 12.3. The number of nitrogens with one attached hydrogen (secondary N) is 1. The normalized spacial score (nSPS) is 11.4. The van der Waals surface area contributed by atoms with E-state index in [-0.39, 0.29) is 12.2 Å². The zero-order valence-corrected chi connectivity index (χ0v) is 15.6. The molecule has 142 valence electrons. The Morgan fingerprint density at radius 2 is 1.81 bits per heavy atom. The first-order valence-corrected chi connectivity index (χ1v) is 8.44. The minimum absolute atomic E-state index is 0.236. The minimum atomic E-state index is -1.01. The zero-order chi connectivity index (χ0) is 20.0. The van der Waals surface area contributed by atoms with Crippen LogP contribution in [0.15, 0.2) is 42.5 Å². The molecule has 0 fully saturated rings. The largest absolute Gasteiger partial charge is 0.484 e. The lowest BCUT2D eigenvalue weighted by Crippen LogP contribution is -2.30. The van der Waals surface area contributed by atoms with E-state index in [2.05, 4.69) is 5.32 Å². The van der Waals surface area contributed by atoms with Crippen molar-refractivity contribution >= 4 is 35.1 Å².